The van der Waals surface area contributed by atoms with Gasteiger partial charge in [0.25, 0.3) is 0 Å². The Balaban J connectivity index is 1.63. The summed E-state index contributed by atoms with van der Waals surface area (Å²) in [6, 6.07) is 1.72. The van der Waals surface area contributed by atoms with Crippen LogP contribution < -0.4 is 5.32 Å². The van der Waals surface area contributed by atoms with Crippen molar-refractivity contribution in [2.75, 3.05) is 5.32 Å². The molecule has 0 saturated carbocycles. The Kier molecular flexibility index (Phi) is 4.71. The van der Waals surface area contributed by atoms with Crippen molar-refractivity contribution in [3.05, 3.63) is 28.6 Å². The maximum absolute atomic E-state index is 12.8. The van der Waals surface area contributed by atoms with Gasteiger partial charge in [0.05, 0.1) is 5.25 Å². The van der Waals surface area contributed by atoms with Crippen molar-refractivity contribution in [1.82, 2.24) is 15.1 Å². The number of anilines is 1. The van der Waals surface area contributed by atoms with Crippen molar-refractivity contribution in [3.63, 3.8) is 0 Å². The number of nitrogens with zero attached hydrogens (tertiary/aromatic N) is 3. The molecule has 6 nitrogen and oxygen atoms in total. The van der Waals surface area contributed by atoms with Gasteiger partial charge in [-0.25, -0.2) is 9.97 Å². The first kappa shape index (κ1) is 17.5. The summed E-state index contributed by atoms with van der Waals surface area (Å²) in [6.07, 6.45) is 5.00. The lowest BCUT2D eigenvalue weighted by atomic mass is 10.1. The minimum absolute atomic E-state index is 0.0862. The molecule has 136 valence electrons. The summed E-state index contributed by atoms with van der Waals surface area (Å²) >= 11 is 3.28. The maximum atomic E-state index is 12.8. The van der Waals surface area contributed by atoms with Gasteiger partial charge in [-0.3, -0.25) is 4.79 Å². The van der Waals surface area contributed by atoms with Crippen LogP contribution in [-0.4, -0.2) is 26.3 Å². The first-order valence-electron chi connectivity index (χ1n) is 8.69. The summed E-state index contributed by atoms with van der Waals surface area (Å²) in [4.78, 5) is 24.2. The van der Waals surface area contributed by atoms with Crippen LogP contribution in [0, 0.1) is 12.8 Å². The molecule has 0 unspecified atom stereocenters. The molecule has 3 aromatic rings. The minimum atomic E-state index is -0.276. The van der Waals surface area contributed by atoms with Crippen molar-refractivity contribution in [3.8, 4) is 0 Å². The molecule has 0 aliphatic heterocycles. The topological polar surface area (TPSA) is 80.9 Å². The molecule has 0 saturated heterocycles. The van der Waals surface area contributed by atoms with Gasteiger partial charge in [0.2, 0.25) is 5.91 Å². The molecular weight excluding hydrogens is 368 g/mol. The predicted molar refractivity (Wildman–Crippen MR) is 104 cm³/mol. The second-order valence-corrected chi connectivity index (χ2v) is 9.02. The number of thiophene rings is 1. The third kappa shape index (κ3) is 3.23. The predicted octanol–water partition coefficient (Wildman–Crippen LogP) is 4.23. The Morgan fingerprint density at radius 1 is 1.35 bits per heavy atom. The van der Waals surface area contributed by atoms with E-state index in [4.69, 9.17) is 4.52 Å². The van der Waals surface area contributed by atoms with E-state index >= 15 is 0 Å². The molecule has 0 aromatic carbocycles. The van der Waals surface area contributed by atoms with Gasteiger partial charge in [-0.2, -0.15) is 0 Å². The van der Waals surface area contributed by atoms with Gasteiger partial charge in [-0.15, -0.1) is 11.3 Å². The smallest absolute Gasteiger partial charge is 0.239 e. The Hall–Kier alpha value is -1.93. The van der Waals surface area contributed by atoms with E-state index in [9.17, 15) is 4.79 Å². The molecule has 26 heavy (non-hydrogen) atoms. The van der Waals surface area contributed by atoms with Crippen LogP contribution in [-0.2, 0) is 17.6 Å². The maximum Gasteiger partial charge on any atom is 0.239 e. The van der Waals surface area contributed by atoms with Crippen LogP contribution in [0.25, 0.3) is 10.2 Å². The van der Waals surface area contributed by atoms with E-state index in [1.54, 1.807) is 30.7 Å². The van der Waals surface area contributed by atoms with Gasteiger partial charge in [-0.1, -0.05) is 30.8 Å². The summed E-state index contributed by atoms with van der Waals surface area (Å²) in [5, 5.41) is 8.48. The minimum Gasteiger partial charge on any atom is -0.360 e. The highest BCUT2D eigenvalue weighted by Gasteiger charge is 2.28. The highest BCUT2D eigenvalue weighted by Crippen LogP contribution is 2.41. The van der Waals surface area contributed by atoms with Crippen molar-refractivity contribution in [2.24, 2.45) is 5.92 Å². The van der Waals surface area contributed by atoms with Crippen LogP contribution in [0.5, 0.6) is 0 Å². The van der Waals surface area contributed by atoms with Gasteiger partial charge in [-0.05, 0) is 37.7 Å². The number of thioether (sulfide) groups is 1. The molecule has 0 fully saturated rings. The number of fused-ring (bicyclic) bond motifs is 3. The number of hydrogen-bond acceptors (Lipinski definition) is 7. The molecule has 3 aromatic heterocycles. The summed E-state index contributed by atoms with van der Waals surface area (Å²) in [6.45, 7) is 5.88. The van der Waals surface area contributed by atoms with Crippen LogP contribution >= 0.6 is 23.1 Å². The van der Waals surface area contributed by atoms with E-state index in [1.807, 2.05) is 13.8 Å². The van der Waals surface area contributed by atoms with Crippen LogP contribution in [0.3, 0.4) is 0 Å². The fourth-order valence-electron chi connectivity index (χ4n) is 3.22. The zero-order valence-electron chi connectivity index (χ0n) is 14.9. The van der Waals surface area contributed by atoms with E-state index in [2.05, 4.69) is 20.4 Å². The van der Waals surface area contributed by atoms with Gasteiger partial charge >= 0.3 is 0 Å². The first-order chi connectivity index (χ1) is 12.5. The molecule has 1 aliphatic rings. The molecule has 3 heterocycles. The normalized spacial score (nSPS) is 14.8. The molecule has 1 amide bonds. The summed E-state index contributed by atoms with van der Waals surface area (Å²) in [5.74, 6) is 1.17. The van der Waals surface area contributed by atoms with E-state index in [0.29, 0.717) is 11.6 Å². The molecule has 1 aliphatic carbocycles. The summed E-state index contributed by atoms with van der Waals surface area (Å²) < 4.78 is 5.03. The lowest BCUT2D eigenvalue weighted by Gasteiger charge is -2.19. The number of nitrogens with one attached hydrogen (secondary N) is 1. The third-order valence-electron chi connectivity index (χ3n) is 4.45. The average Bonchev–Trinajstić information content (AvgIpc) is 3.28. The van der Waals surface area contributed by atoms with Crippen LogP contribution in [0.15, 0.2) is 21.9 Å². The number of carbonyl (C=O) groups excluding carboxylic acids is 1. The molecule has 1 N–H and O–H groups in total. The lowest BCUT2D eigenvalue weighted by molar-refractivity contribution is -0.116. The Morgan fingerprint density at radius 3 is 2.92 bits per heavy atom. The van der Waals surface area contributed by atoms with Crippen molar-refractivity contribution in [2.45, 2.75) is 50.3 Å². The Labute approximate surface area is 159 Å². The monoisotopic (exact) mass is 388 g/mol. The molecule has 0 radical (unpaired) electrons. The summed E-state index contributed by atoms with van der Waals surface area (Å²) in [5.41, 5.74) is 1.38. The largest absolute Gasteiger partial charge is 0.360 e. The fourth-order valence-corrected chi connectivity index (χ4v) is 5.64. The first-order valence-corrected chi connectivity index (χ1v) is 10.4. The highest BCUT2D eigenvalue weighted by molar-refractivity contribution is 8.00. The second-order valence-electron chi connectivity index (χ2n) is 6.81. The second kappa shape index (κ2) is 7.00. The number of amides is 1. The lowest BCUT2D eigenvalue weighted by Crippen LogP contribution is -2.29. The van der Waals surface area contributed by atoms with Crippen LogP contribution in [0.4, 0.5) is 5.82 Å². The average molecular weight is 389 g/mol. The van der Waals surface area contributed by atoms with Gasteiger partial charge in [0.15, 0.2) is 5.82 Å². The highest BCUT2D eigenvalue weighted by atomic mass is 32.2. The molecule has 4 rings (SSSR count). The van der Waals surface area contributed by atoms with Crippen molar-refractivity contribution < 1.29 is 9.32 Å². The number of rotatable bonds is 5. The van der Waals surface area contributed by atoms with E-state index in [0.717, 1.165) is 28.1 Å². The Morgan fingerprint density at radius 2 is 2.19 bits per heavy atom. The SMILES string of the molecule is Cc1cc(NC(=O)[C@@H](Sc2ncnc3sc4c(c23)CCC4)C(C)C)no1. The number of carbonyl (C=O) groups is 1. The number of hydrogen-bond donors (Lipinski definition) is 1. The van der Waals surface area contributed by atoms with Crippen LogP contribution in [0.2, 0.25) is 0 Å². The van der Waals surface area contributed by atoms with Crippen LogP contribution in [0.1, 0.15) is 36.5 Å². The molecule has 8 heteroatoms. The molecule has 1 atom stereocenters. The Bertz CT molecular complexity index is 963. The molecular formula is C18H20N4O2S2. The van der Waals surface area contributed by atoms with Crippen molar-refractivity contribution >= 4 is 45.0 Å². The van der Waals surface area contributed by atoms with Crippen molar-refractivity contribution in [1.29, 1.82) is 0 Å². The van der Waals surface area contributed by atoms with Gasteiger partial charge < -0.3 is 9.84 Å². The molecule has 0 bridgehead atoms. The van der Waals surface area contributed by atoms with E-state index in [1.165, 1.54) is 28.6 Å². The van der Waals surface area contributed by atoms with Gasteiger partial charge in [0.1, 0.15) is 21.9 Å². The number of aromatic nitrogens is 3. The zero-order chi connectivity index (χ0) is 18.3. The van der Waals surface area contributed by atoms with Gasteiger partial charge in [0, 0.05) is 16.3 Å². The number of aryl methyl sites for hydroxylation is 3. The van der Waals surface area contributed by atoms with E-state index in [-0.39, 0.29) is 17.1 Å². The zero-order valence-corrected chi connectivity index (χ0v) is 16.5. The summed E-state index contributed by atoms with van der Waals surface area (Å²) in [7, 11) is 0. The standard InChI is InChI=1S/C18H20N4O2S2/c1-9(2)15(16(23)21-13-7-10(3)24-22-13)26-18-14-11-5-4-6-12(11)25-17(14)19-8-20-18/h7-9,15H,4-6H2,1-3H3,(H,21,22,23)/t15-/m0/s1. The quantitative estimate of drug-likeness (QED) is 0.520. The third-order valence-corrected chi connectivity index (χ3v) is 7.19. The van der Waals surface area contributed by atoms with E-state index < -0.39 is 0 Å². The molecule has 0 spiro atoms. The fraction of sp³-hybridized carbons (Fsp3) is 0.444.